The number of para-hydroxylation sites is 1. The lowest BCUT2D eigenvalue weighted by atomic mass is 10.3. The summed E-state index contributed by atoms with van der Waals surface area (Å²) in [6.07, 6.45) is 1.50. The van der Waals surface area contributed by atoms with Crippen LogP contribution in [0.2, 0.25) is 0 Å². The van der Waals surface area contributed by atoms with E-state index in [0.717, 1.165) is 4.47 Å². The minimum atomic E-state index is -0.522. The first-order valence-corrected chi connectivity index (χ1v) is 6.70. The standard InChI is InChI=1S/C13H12BrN3O3/c14-9-3-1-2-4-10(9)15-11(18)5-7-17-8-6-12(19)16-13(17)20/h1-4,6,8H,5,7H2,(H,15,18)(H,16,19,20). The minimum absolute atomic E-state index is 0.132. The van der Waals surface area contributed by atoms with E-state index in [1.165, 1.54) is 16.8 Å². The zero-order chi connectivity index (χ0) is 14.5. The molecule has 0 aliphatic carbocycles. The van der Waals surface area contributed by atoms with Crippen molar-refractivity contribution >= 4 is 27.5 Å². The number of carbonyl (C=O) groups is 1. The van der Waals surface area contributed by atoms with E-state index in [0.29, 0.717) is 5.69 Å². The van der Waals surface area contributed by atoms with Gasteiger partial charge >= 0.3 is 5.69 Å². The number of benzene rings is 1. The summed E-state index contributed by atoms with van der Waals surface area (Å²) in [5.74, 6) is -0.213. The van der Waals surface area contributed by atoms with Crippen molar-refractivity contribution in [2.75, 3.05) is 5.32 Å². The fourth-order valence-electron chi connectivity index (χ4n) is 1.62. The third-order valence-electron chi connectivity index (χ3n) is 2.62. The van der Waals surface area contributed by atoms with E-state index >= 15 is 0 Å². The summed E-state index contributed by atoms with van der Waals surface area (Å²) in [4.78, 5) is 36.3. The zero-order valence-corrected chi connectivity index (χ0v) is 12.0. The molecular formula is C13H12BrN3O3. The molecule has 1 amide bonds. The van der Waals surface area contributed by atoms with Crippen LogP contribution in [0, 0.1) is 0 Å². The lowest BCUT2D eigenvalue weighted by Gasteiger charge is -2.08. The Balaban J connectivity index is 1.97. The molecule has 0 saturated carbocycles. The molecular weight excluding hydrogens is 326 g/mol. The predicted octanol–water partition coefficient (Wildman–Crippen LogP) is 1.33. The number of H-pyrrole nitrogens is 1. The number of aryl methyl sites for hydroxylation is 1. The van der Waals surface area contributed by atoms with Crippen LogP contribution in [0.4, 0.5) is 5.69 Å². The first-order chi connectivity index (χ1) is 9.56. The second-order valence-electron chi connectivity index (χ2n) is 4.08. The normalized spacial score (nSPS) is 10.2. The molecule has 0 radical (unpaired) electrons. The number of nitrogens with one attached hydrogen (secondary N) is 2. The van der Waals surface area contributed by atoms with Gasteiger partial charge in [-0.2, -0.15) is 0 Å². The predicted molar refractivity (Wildman–Crippen MR) is 78.7 cm³/mol. The van der Waals surface area contributed by atoms with Gasteiger partial charge in [0.2, 0.25) is 5.91 Å². The number of amides is 1. The van der Waals surface area contributed by atoms with Crippen molar-refractivity contribution in [1.29, 1.82) is 0 Å². The number of nitrogens with zero attached hydrogens (tertiary/aromatic N) is 1. The van der Waals surface area contributed by atoms with Crippen molar-refractivity contribution in [2.45, 2.75) is 13.0 Å². The molecule has 0 aliphatic rings. The number of hydrogen-bond acceptors (Lipinski definition) is 3. The lowest BCUT2D eigenvalue weighted by Crippen LogP contribution is -2.29. The van der Waals surface area contributed by atoms with Crippen LogP contribution in [0.15, 0.2) is 50.6 Å². The quantitative estimate of drug-likeness (QED) is 0.882. The Bertz CT molecular complexity index is 736. The molecule has 2 N–H and O–H groups in total. The molecule has 1 aromatic heterocycles. The summed E-state index contributed by atoms with van der Waals surface area (Å²) in [5.41, 5.74) is -0.304. The van der Waals surface area contributed by atoms with Crippen LogP contribution in [0.25, 0.3) is 0 Å². The van der Waals surface area contributed by atoms with Crippen molar-refractivity contribution in [3.8, 4) is 0 Å². The highest BCUT2D eigenvalue weighted by molar-refractivity contribution is 9.10. The summed E-state index contributed by atoms with van der Waals surface area (Å²) in [6.45, 7) is 0.200. The number of aromatic nitrogens is 2. The van der Waals surface area contributed by atoms with Crippen LogP contribution >= 0.6 is 15.9 Å². The van der Waals surface area contributed by atoms with Gasteiger partial charge in [0.1, 0.15) is 0 Å². The summed E-state index contributed by atoms with van der Waals surface area (Å²) in [7, 11) is 0. The Kier molecular flexibility index (Phi) is 4.52. The van der Waals surface area contributed by atoms with E-state index in [-0.39, 0.29) is 18.9 Å². The van der Waals surface area contributed by atoms with E-state index < -0.39 is 11.2 Å². The monoisotopic (exact) mass is 337 g/mol. The zero-order valence-electron chi connectivity index (χ0n) is 10.4. The van der Waals surface area contributed by atoms with E-state index in [1.54, 1.807) is 6.07 Å². The number of anilines is 1. The van der Waals surface area contributed by atoms with Crippen molar-refractivity contribution in [3.63, 3.8) is 0 Å². The first-order valence-electron chi connectivity index (χ1n) is 5.90. The molecule has 20 heavy (non-hydrogen) atoms. The molecule has 7 heteroatoms. The number of halogens is 1. The molecule has 0 spiro atoms. The number of carbonyl (C=O) groups excluding carboxylic acids is 1. The Morgan fingerprint density at radius 1 is 1.25 bits per heavy atom. The molecule has 0 bridgehead atoms. The molecule has 1 aromatic carbocycles. The van der Waals surface area contributed by atoms with Gasteiger partial charge in [0.05, 0.1) is 5.69 Å². The summed E-state index contributed by atoms with van der Waals surface area (Å²) < 4.78 is 2.07. The molecule has 104 valence electrons. The third-order valence-corrected chi connectivity index (χ3v) is 3.32. The van der Waals surface area contributed by atoms with Crippen molar-refractivity contribution < 1.29 is 4.79 Å². The highest BCUT2D eigenvalue weighted by Crippen LogP contribution is 2.21. The summed E-state index contributed by atoms with van der Waals surface area (Å²) >= 11 is 3.33. The fourth-order valence-corrected chi connectivity index (χ4v) is 2.00. The Morgan fingerprint density at radius 2 is 2.00 bits per heavy atom. The van der Waals surface area contributed by atoms with Crippen LogP contribution in [0.5, 0.6) is 0 Å². The Hall–Kier alpha value is -2.15. The van der Waals surface area contributed by atoms with Gasteiger partial charge in [-0.25, -0.2) is 4.79 Å². The molecule has 0 atom stereocenters. The van der Waals surface area contributed by atoms with Crippen LogP contribution in [-0.4, -0.2) is 15.5 Å². The maximum atomic E-state index is 11.8. The maximum absolute atomic E-state index is 11.8. The van der Waals surface area contributed by atoms with Crippen LogP contribution < -0.4 is 16.6 Å². The Morgan fingerprint density at radius 3 is 2.70 bits per heavy atom. The maximum Gasteiger partial charge on any atom is 0.328 e. The first kappa shape index (κ1) is 14.3. The average molecular weight is 338 g/mol. The molecule has 2 aromatic rings. The van der Waals surface area contributed by atoms with E-state index in [2.05, 4.69) is 26.2 Å². The topological polar surface area (TPSA) is 84.0 Å². The molecule has 2 rings (SSSR count). The second kappa shape index (κ2) is 6.33. The molecule has 0 aliphatic heterocycles. The van der Waals surface area contributed by atoms with Crippen molar-refractivity contribution in [2.24, 2.45) is 0 Å². The third kappa shape index (κ3) is 3.67. The van der Waals surface area contributed by atoms with Gasteiger partial charge < -0.3 is 9.88 Å². The van der Waals surface area contributed by atoms with Crippen molar-refractivity contribution in [3.05, 3.63) is 61.8 Å². The number of hydrogen-bond donors (Lipinski definition) is 2. The van der Waals surface area contributed by atoms with Gasteiger partial charge in [-0.15, -0.1) is 0 Å². The molecule has 0 saturated heterocycles. The summed E-state index contributed by atoms with van der Waals surface area (Å²) in [6, 6.07) is 8.50. The van der Waals surface area contributed by atoms with Gasteiger partial charge in [0, 0.05) is 29.7 Å². The van der Waals surface area contributed by atoms with Gasteiger partial charge in [-0.3, -0.25) is 14.6 Å². The van der Waals surface area contributed by atoms with E-state index in [9.17, 15) is 14.4 Å². The van der Waals surface area contributed by atoms with Crippen molar-refractivity contribution in [1.82, 2.24) is 9.55 Å². The minimum Gasteiger partial charge on any atom is -0.325 e. The van der Waals surface area contributed by atoms with Gasteiger partial charge in [0.25, 0.3) is 5.56 Å². The molecule has 6 nitrogen and oxygen atoms in total. The van der Waals surface area contributed by atoms with Gasteiger partial charge in [-0.05, 0) is 28.1 Å². The fraction of sp³-hybridized carbons (Fsp3) is 0.154. The van der Waals surface area contributed by atoms with Crippen LogP contribution in [-0.2, 0) is 11.3 Å². The highest BCUT2D eigenvalue weighted by Gasteiger charge is 2.06. The SMILES string of the molecule is O=C(CCn1ccc(=O)[nH]c1=O)Nc1ccccc1Br. The largest absolute Gasteiger partial charge is 0.328 e. The smallest absolute Gasteiger partial charge is 0.325 e. The second-order valence-corrected chi connectivity index (χ2v) is 4.94. The molecule has 0 fully saturated rings. The average Bonchev–Trinajstić information content (AvgIpc) is 2.40. The molecule has 1 heterocycles. The van der Waals surface area contributed by atoms with E-state index in [1.807, 2.05) is 18.2 Å². The van der Waals surface area contributed by atoms with Gasteiger partial charge in [-0.1, -0.05) is 12.1 Å². The Labute approximate surface area is 122 Å². The molecule has 0 unspecified atom stereocenters. The highest BCUT2D eigenvalue weighted by atomic mass is 79.9. The van der Waals surface area contributed by atoms with Crippen LogP contribution in [0.3, 0.4) is 0 Å². The lowest BCUT2D eigenvalue weighted by molar-refractivity contribution is -0.116. The number of rotatable bonds is 4. The number of aromatic amines is 1. The summed E-state index contributed by atoms with van der Waals surface area (Å²) in [5, 5.41) is 2.74. The van der Waals surface area contributed by atoms with Crippen LogP contribution in [0.1, 0.15) is 6.42 Å². The van der Waals surface area contributed by atoms with Gasteiger partial charge in [0.15, 0.2) is 0 Å². The van der Waals surface area contributed by atoms with E-state index in [4.69, 9.17) is 0 Å².